The van der Waals surface area contributed by atoms with Crippen LogP contribution in [0.15, 0.2) is 36.4 Å². The standard InChI is InChI=1S/C18H24N2O/c1-5-19-18-8-6-7-15(20-18)12-21-16-9-10-17(13(2)3)14(4)11-16/h6-11,13H,5,12H2,1-4H3,(H,19,20). The molecule has 0 aliphatic rings. The minimum atomic E-state index is 0.486. The van der Waals surface area contributed by atoms with E-state index < -0.39 is 0 Å². The van der Waals surface area contributed by atoms with Crippen molar-refractivity contribution in [1.29, 1.82) is 0 Å². The molecule has 0 saturated heterocycles. The number of anilines is 1. The third-order valence-electron chi connectivity index (χ3n) is 3.41. The largest absolute Gasteiger partial charge is 0.487 e. The number of nitrogens with zero attached hydrogens (tertiary/aromatic N) is 1. The van der Waals surface area contributed by atoms with Crippen molar-refractivity contribution >= 4 is 5.82 Å². The van der Waals surface area contributed by atoms with E-state index in [0.29, 0.717) is 12.5 Å². The highest BCUT2D eigenvalue weighted by Crippen LogP contribution is 2.24. The molecule has 0 aliphatic heterocycles. The molecule has 0 spiro atoms. The van der Waals surface area contributed by atoms with Crippen LogP contribution in [-0.2, 0) is 6.61 Å². The van der Waals surface area contributed by atoms with E-state index in [4.69, 9.17) is 4.74 Å². The third-order valence-corrected chi connectivity index (χ3v) is 3.41. The summed E-state index contributed by atoms with van der Waals surface area (Å²) < 4.78 is 5.85. The van der Waals surface area contributed by atoms with Crippen LogP contribution >= 0.6 is 0 Å². The Kier molecular flexibility index (Phi) is 5.20. The van der Waals surface area contributed by atoms with Crippen molar-refractivity contribution in [2.75, 3.05) is 11.9 Å². The zero-order chi connectivity index (χ0) is 15.2. The van der Waals surface area contributed by atoms with Crippen molar-refractivity contribution in [3.05, 3.63) is 53.2 Å². The number of hydrogen-bond donors (Lipinski definition) is 1. The van der Waals surface area contributed by atoms with Crippen LogP contribution < -0.4 is 10.1 Å². The SMILES string of the molecule is CCNc1cccc(COc2ccc(C(C)C)c(C)c2)n1. The summed E-state index contributed by atoms with van der Waals surface area (Å²) in [5.74, 6) is 2.33. The van der Waals surface area contributed by atoms with Gasteiger partial charge in [0.05, 0.1) is 5.69 Å². The van der Waals surface area contributed by atoms with Crippen LogP contribution in [0.5, 0.6) is 5.75 Å². The minimum Gasteiger partial charge on any atom is -0.487 e. The molecular weight excluding hydrogens is 260 g/mol. The number of ether oxygens (including phenoxy) is 1. The Hall–Kier alpha value is -2.03. The number of hydrogen-bond acceptors (Lipinski definition) is 3. The van der Waals surface area contributed by atoms with Gasteiger partial charge in [-0.15, -0.1) is 0 Å². The van der Waals surface area contributed by atoms with Crippen LogP contribution in [0.1, 0.15) is 43.5 Å². The first-order chi connectivity index (χ1) is 10.1. The fourth-order valence-electron chi connectivity index (χ4n) is 2.38. The van der Waals surface area contributed by atoms with Gasteiger partial charge < -0.3 is 10.1 Å². The highest BCUT2D eigenvalue weighted by atomic mass is 16.5. The maximum atomic E-state index is 5.85. The van der Waals surface area contributed by atoms with E-state index in [0.717, 1.165) is 23.8 Å². The summed E-state index contributed by atoms with van der Waals surface area (Å²) >= 11 is 0. The summed E-state index contributed by atoms with van der Waals surface area (Å²) in [5, 5.41) is 3.21. The third kappa shape index (κ3) is 4.22. The van der Waals surface area contributed by atoms with Gasteiger partial charge in [0.1, 0.15) is 18.2 Å². The van der Waals surface area contributed by atoms with Gasteiger partial charge in [0.25, 0.3) is 0 Å². The molecule has 0 unspecified atom stereocenters. The second kappa shape index (κ2) is 7.11. The lowest BCUT2D eigenvalue weighted by molar-refractivity contribution is 0.301. The van der Waals surface area contributed by atoms with Crippen LogP contribution in [0.4, 0.5) is 5.82 Å². The molecule has 0 saturated carbocycles. The van der Waals surface area contributed by atoms with E-state index in [1.807, 2.05) is 24.3 Å². The molecule has 3 heteroatoms. The lowest BCUT2D eigenvalue weighted by Gasteiger charge is -2.12. The molecule has 0 fully saturated rings. The first-order valence-electron chi connectivity index (χ1n) is 7.53. The second-order valence-corrected chi connectivity index (χ2v) is 5.51. The lowest BCUT2D eigenvalue weighted by Crippen LogP contribution is -2.03. The molecule has 3 nitrogen and oxygen atoms in total. The van der Waals surface area contributed by atoms with E-state index in [2.05, 4.69) is 50.1 Å². The number of aromatic nitrogens is 1. The Morgan fingerprint density at radius 3 is 2.67 bits per heavy atom. The molecule has 1 heterocycles. The Morgan fingerprint density at radius 2 is 2.00 bits per heavy atom. The minimum absolute atomic E-state index is 0.486. The summed E-state index contributed by atoms with van der Waals surface area (Å²) in [7, 11) is 0. The molecule has 0 amide bonds. The average Bonchev–Trinajstić information content (AvgIpc) is 2.45. The first-order valence-corrected chi connectivity index (χ1v) is 7.53. The molecular formula is C18H24N2O. The predicted octanol–water partition coefficient (Wildman–Crippen LogP) is 4.52. The van der Waals surface area contributed by atoms with Gasteiger partial charge in [0.15, 0.2) is 0 Å². The monoisotopic (exact) mass is 284 g/mol. The van der Waals surface area contributed by atoms with E-state index in [9.17, 15) is 0 Å². The molecule has 0 atom stereocenters. The Bertz CT molecular complexity index is 594. The summed E-state index contributed by atoms with van der Waals surface area (Å²) in [6, 6.07) is 12.2. The van der Waals surface area contributed by atoms with Gasteiger partial charge in [-0.25, -0.2) is 4.98 Å². The van der Waals surface area contributed by atoms with Crippen molar-refractivity contribution in [1.82, 2.24) is 4.98 Å². The number of nitrogens with one attached hydrogen (secondary N) is 1. The van der Waals surface area contributed by atoms with Crippen LogP contribution in [0.3, 0.4) is 0 Å². The average molecular weight is 284 g/mol. The molecule has 2 aromatic rings. The number of pyridine rings is 1. The van der Waals surface area contributed by atoms with Gasteiger partial charge in [0, 0.05) is 6.54 Å². The number of rotatable bonds is 6. The molecule has 1 N–H and O–H groups in total. The van der Waals surface area contributed by atoms with Gasteiger partial charge in [-0.1, -0.05) is 26.0 Å². The van der Waals surface area contributed by atoms with E-state index in [-0.39, 0.29) is 0 Å². The van der Waals surface area contributed by atoms with Gasteiger partial charge in [-0.2, -0.15) is 0 Å². The smallest absolute Gasteiger partial charge is 0.130 e. The topological polar surface area (TPSA) is 34.1 Å². The highest BCUT2D eigenvalue weighted by molar-refractivity contribution is 5.37. The maximum Gasteiger partial charge on any atom is 0.130 e. The molecule has 1 aromatic carbocycles. The molecule has 112 valence electrons. The Morgan fingerprint density at radius 1 is 1.19 bits per heavy atom. The van der Waals surface area contributed by atoms with Crippen LogP contribution in [0.2, 0.25) is 0 Å². The Labute approximate surface area is 127 Å². The molecule has 0 aliphatic carbocycles. The summed E-state index contributed by atoms with van der Waals surface area (Å²) in [5.41, 5.74) is 3.57. The van der Waals surface area contributed by atoms with Crippen molar-refractivity contribution in [3.8, 4) is 5.75 Å². The quantitative estimate of drug-likeness (QED) is 0.846. The fraction of sp³-hybridized carbons (Fsp3) is 0.389. The van der Waals surface area contributed by atoms with Gasteiger partial charge >= 0.3 is 0 Å². The summed E-state index contributed by atoms with van der Waals surface area (Å²) in [4.78, 5) is 4.51. The van der Waals surface area contributed by atoms with E-state index in [1.165, 1.54) is 11.1 Å². The zero-order valence-corrected chi connectivity index (χ0v) is 13.3. The van der Waals surface area contributed by atoms with Crippen LogP contribution in [0, 0.1) is 6.92 Å². The molecule has 2 rings (SSSR count). The van der Waals surface area contributed by atoms with Crippen molar-refractivity contribution in [2.45, 2.75) is 40.2 Å². The van der Waals surface area contributed by atoms with Gasteiger partial charge in [-0.05, 0) is 55.2 Å². The predicted molar refractivity (Wildman–Crippen MR) is 88.0 cm³/mol. The van der Waals surface area contributed by atoms with Crippen LogP contribution in [0.25, 0.3) is 0 Å². The lowest BCUT2D eigenvalue weighted by atomic mass is 9.98. The molecule has 0 bridgehead atoms. The molecule has 0 radical (unpaired) electrons. The summed E-state index contributed by atoms with van der Waals surface area (Å²) in [6.07, 6.45) is 0. The van der Waals surface area contributed by atoms with Crippen molar-refractivity contribution < 1.29 is 4.74 Å². The number of aryl methyl sites for hydroxylation is 1. The zero-order valence-electron chi connectivity index (χ0n) is 13.3. The van der Waals surface area contributed by atoms with Crippen LogP contribution in [-0.4, -0.2) is 11.5 Å². The first kappa shape index (κ1) is 15.4. The van der Waals surface area contributed by atoms with Crippen molar-refractivity contribution in [2.24, 2.45) is 0 Å². The highest BCUT2D eigenvalue weighted by Gasteiger charge is 2.05. The van der Waals surface area contributed by atoms with Gasteiger partial charge in [0.2, 0.25) is 0 Å². The van der Waals surface area contributed by atoms with E-state index in [1.54, 1.807) is 0 Å². The van der Waals surface area contributed by atoms with E-state index >= 15 is 0 Å². The molecule has 1 aromatic heterocycles. The van der Waals surface area contributed by atoms with Gasteiger partial charge in [-0.3, -0.25) is 0 Å². The molecule has 21 heavy (non-hydrogen) atoms. The summed E-state index contributed by atoms with van der Waals surface area (Å²) in [6.45, 7) is 9.96. The normalized spacial score (nSPS) is 10.7. The van der Waals surface area contributed by atoms with Crippen molar-refractivity contribution in [3.63, 3.8) is 0 Å². The Balaban J connectivity index is 2.03. The fourth-order valence-corrected chi connectivity index (χ4v) is 2.38. The maximum absolute atomic E-state index is 5.85. The second-order valence-electron chi connectivity index (χ2n) is 5.51. The number of benzene rings is 1.